The Hall–Kier alpha value is -2.08. The number of benzene rings is 1. The minimum Gasteiger partial charge on any atom is -0.481 e. The van der Waals surface area contributed by atoms with Crippen LogP contribution in [0.2, 0.25) is 0 Å². The molecular formula is C15H21N3O3. The molecule has 2 amide bonds. The van der Waals surface area contributed by atoms with Crippen LogP contribution in [0.5, 0.6) is 0 Å². The molecule has 0 aromatic heterocycles. The van der Waals surface area contributed by atoms with Gasteiger partial charge in [-0.25, -0.2) is 4.79 Å². The molecule has 1 saturated heterocycles. The lowest BCUT2D eigenvalue weighted by atomic mass is 10.2. The largest absolute Gasteiger partial charge is 0.481 e. The molecule has 1 fully saturated rings. The lowest BCUT2D eigenvalue weighted by Gasteiger charge is -2.33. The highest BCUT2D eigenvalue weighted by Crippen LogP contribution is 2.16. The number of carbonyl (C=O) groups is 2. The molecule has 21 heavy (non-hydrogen) atoms. The van der Waals surface area contributed by atoms with Crippen molar-refractivity contribution in [2.45, 2.75) is 12.8 Å². The van der Waals surface area contributed by atoms with Crippen LogP contribution < -0.4 is 10.2 Å². The summed E-state index contributed by atoms with van der Waals surface area (Å²) in [5.41, 5.74) is 0.812. The van der Waals surface area contributed by atoms with Gasteiger partial charge in [0.05, 0.1) is 0 Å². The maximum atomic E-state index is 12.7. The molecule has 2 rings (SSSR count). The summed E-state index contributed by atoms with van der Waals surface area (Å²) in [7, 11) is 0. The summed E-state index contributed by atoms with van der Waals surface area (Å²) < 4.78 is 0. The van der Waals surface area contributed by atoms with E-state index in [1.54, 1.807) is 4.90 Å². The van der Waals surface area contributed by atoms with E-state index >= 15 is 0 Å². The number of rotatable bonds is 5. The number of anilines is 1. The number of amides is 2. The minimum atomic E-state index is -0.836. The third-order valence-electron chi connectivity index (χ3n) is 3.46. The molecule has 0 unspecified atom stereocenters. The smallest absolute Gasteiger partial charge is 0.324 e. The average Bonchev–Trinajstić information content (AvgIpc) is 2.52. The van der Waals surface area contributed by atoms with Gasteiger partial charge in [-0.1, -0.05) is 18.2 Å². The molecule has 6 heteroatoms. The van der Waals surface area contributed by atoms with Crippen molar-refractivity contribution in [1.82, 2.24) is 10.2 Å². The molecule has 1 aromatic rings. The van der Waals surface area contributed by atoms with Crippen LogP contribution in [-0.2, 0) is 4.79 Å². The molecule has 0 radical (unpaired) electrons. The summed E-state index contributed by atoms with van der Waals surface area (Å²) in [6.45, 7) is 3.37. The highest BCUT2D eigenvalue weighted by Gasteiger charge is 2.23. The van der Waals surface area contributed by atoms with Gasteiger partial charge in [0.1, 0.15) is 0 Å². The molecular weight excluding hydrogens is 270 g/mol. The van der Waals surface area contributed by atoms with E-state index in [1.807, 2.05) is 35.2 Å². The number of para-hydroxylation sites is 1. The fraction of sp³-hybridized carbons (Fsp3) is 0.467. The Balaban J connectivity index is 2.06. The van der Waals surface area contributed by atoms with Crippen LogP contribution in [-0.4, -0.2) is 54.7 Å². The zero-order valence-corrected chi connectivity index (χ0v) is 12.0. The number of hydrogen-bond acceptors (Lipinski definition) is 3. The second-order valence-electron chi connectivity index (χ2n) is 5.00. The number of carboxylic acid groups (broad SMARTS) is 1. The van der Waals surface area contributed by atoms with E-state index in [1.165, 1.54) is 0 Å². The van der Waals surface area contributed by atoms with Gasteiger partial charge in [-0.2, -0.15) is 0 Å². The zero-order valence-electron chi connectivity index (χ0n) is 12.0. The number of urea groups is 1. The topological polar surface area (TPSA) is 72.9 Å². The van der Waals surface area contributed by atoms with Gasteiger partial charge in [0.15, 0.2) is 0 Å². The summed E-state index contributed by atoms with van der Waals surface area (Å²) >= 11 is 0. The molecule has 0 aliphatic carbocycles. The normalized spacial score (nSPS) is 14.8. The SMILES string of the molecule is O=C(O)CCCN(C(=O)N1CCNCC1)c1ccccc1. The molecule has 0 spiro atoms. The zero-order chi connectivity index (χ0) is 15.1. The van der Waals surface area contributed by atoms with Crippen molar-refractivity contribution < 1.29 is 14.7 Å². The highest BCUT2D eigenvalue weighted by molar-refractivity contribution is 5.92. The van der Waals surface area contributed by atoms with E-state index in [4.69, 9.17) is 5.11 Å². The van der Waals surface area contributed by atoms with E-state index in [-0.39, 0.29) is 12.5 Å². The number of piperazine rings is 1. The van der Waals surface area contributed by atoms with Crippen molar-refractivity contribution in [1.29, 1.82) is 0 Å². The van der Waals surface area contributed by atoms with E-state index < -0.39 is 5.97 Å². The molecule has 0 saturated carbocycles. The van der Waals surface area contributed by atoms with Crippen molar-refractivity contribution in [2.24, 2.45) is 0 Å². The summed E-state index contributed by atoms with van der Waals surface area (Å²) in [6, 6.07) is 9.36. The summed E-state index contributed by atoms with van der Waals surface area (Å²) in [5.74, 6) is -0.836. The van der Waals surface area contributed by atoms with Crippen molar-refractivity contribution in [3.8, 4) is 0 Å². The fourth-order valence-corrected chi connectivity index (χ4v) is 2.36. The maximum Gasteiger partial charge on any atom is 0.324 e. The quantitative estimate of drug-likeness (QED) is 0.859. The monoisotopic (exact) mass is 291 g/mol. The highest BCUT2D eigenvalue weighted by atomic mass is 16.4. The molecule has 0 bridgehead atoms. The number of nitrogens with zero attached hydrogens (tertiary/aromatic N) is 2. The van der Waals surface area contributed by atoms with Crippen molar-refractivity contribution in [2.75, 3.05) is 37.6 Å². The summed E-state index contributed by atoms with van der Waals surface area (Å²) in [4.78, 5) is 26.8. The van der Waals surface area contributed by atoms with Gasteiger partial charge in [-0.15, -0.1) is 0 Å². The predicted molar refractivity (Wildman–Crippen MR) is 80.5 cm³/mol. The summed E-state index contributed by atoms with van der Waals surface area (Å²) in [6.07, 6.45) is 0.514. The van der Waals surface area contributed by atoms with Gasteiger partial charge >= 0.3 is 12.0 Å². The Morgan fingerprint density at radius 2 is 1.86 bits per heavy atom. The van der Waals surface area contributed by atoms with E-state index in [0.717, 1.165) is 18.8 Å². The predicted octanol–water partition coefficient (Wildman–Crippen LogP) is 1.38. The van der Waals surface area contributed by atoms with Gasteiger partial charge < -0.3 is 15.3 Å². The van der Waals surface area contributed by atoms with Gasteiger partial charge in [0.25, 0.3) is 0 Å². The second-order valence-corrected chi connectivity index (χ2v) is 5.00. The summed E-state index contributed by atoms with van der Waals surface area (Å²) in [5, 5.41) is 12.0. The minimum absolute atomic E-state index is 0.0481. The van der Waals surface area contributed by atoms with Gasteiger partial charge in [0, 0.05) is 44.8 Å². The van der Waals surface area contributed by atoms with Crippen LogP contribution in [0.4, 0.5) is 10.5 Å². The first kappa shape index (κ1) is 15.3. The van der Waals surface area contributed by atoms with Crippen LogP contribution in [0.1, 0.15) is 12.8 Å². The molecule has 1 heterocycles. The van der Waals surface area contributed by atoms with Crippen LogP contribution in [0.15, 0.2) is 30.3 Å². The first-order valence-electron chi connectivity index (χ1n) is 7.22. The standard InChI is InChI=1S/C15H21N3O3/c19-14(20)7-4-10-18(13-5-2-1-3-6-13)15(21)17-11-8-16-9-12-17/h1-3,5-6,16H,4,7-12H2,(H,19,20). The lowest BCUT2D eigenvalue weighted by Crippen LogP contribution is -2.52. The van der Waals surface area contributed by atoms with E-state index in [2.05, 4.69) is 5.32 Å². The Kier molecular flexibility index (Phi) is 5.57. The van der Waals surface area contributed by atoms with Crippen LogP contribution in [0.25, 0.3) is 0 Å². The molecule has 0 atom stereocenters. The third-order valence-corrected chi connectivity index (χ3v) is 3.46. The number of carboxylic acids is 1. The number of aliphatic carboxylic acids is 1. The second kappa shape index (κ2) is 7.64. The molecule has 1 aromatic carbocycles. The number of hydrogen-bond donors (Lipinski definition) is 2. The average molecular weight is 291 g/mol. The third kappa shape index (κ3) is 4.46. The first-order chi connectivity index (χ1) is 10.2. The fourth-order valence-electron chi connectivity index (χ4n) is 2.36. The van der Waals surface area contributed by atoms with Gasteiger partial charge in [0.2, 0.25) is 0 Å². The van der Waals surface area contributed by atoms with Crippen LogP contribution in [0.3, 0.4) is 0 Å². The number of carbonyl (C=O) groups excluding carboxylic acids is 1. The molecule has 1 aliphatic rings. The van der Waals surface area contributed by atoms with E-state index in [0.29, 0.717) is 26.1 Å². The molecule has 6 nitrogen and oxygen atoms in total. The lowest BCUT2D eigenvalue weighted by molar-refractivity contribution is -0.137. The van der Waals surface area contributed by atoms with Crippen molar-refractivity contribution in [3.63, 3.8) is 0 Å². The van der Waals surface area contributed by atoms with Crippen molar-refractivity contribution >= 4 is 17.7 Å². The van der Waals surface area contributed by atoms with Crippen LogP contribution >= 0.6 is 0 Å². The van der Waals surface area contributed by atoms with Crippen molar-refractivity contribution in [3.05, 3.63) is 30.3 Å². The first-order valence-corrected chi connectivity index (χ1v) is 7.22. The Morgan fingerprint density at radius 1 is 1.19 bits per heavy atom. The van der Waals surface area contributed by atoms with Gasteiger partial charge in [-0.3, -0.25) is 9.69 Å². The Bertz CT molecular complexity index is 472. The molecule has 114 valence electrons. The maximum absolute atomic E-state index is 12.7. The Labute approximate surface area is 124 Å². The van der Waals surface area contributed by atoms with E-state index in [9.17, 15) is 9.59 Å². The Morgan fingerprint density at radius 3 is 2.48 bits per heavy atom. The van der Waals surface area contributed by atoms with Crippen LogP contribution in [0, 0.1) is 0 Å². The number of nitrogens with one attached hydrogen (secondary N) is 1. The molecule has 2 N–H and O–H groups in total. The molecule has 1 aliphatic heterocycles. The van der Waals surface area contributed by atoms with Gasteiger partial charge in [-0.05, 0) is 18.6 Å².